The van der Waals surface area contributed by atoms with Gasteiger partial charge in [-0.15, -0.1) is 0 Å². The number of aromatic nitrogens is 1. The third-order valence-corrected chi connectivity index (χ3v) is 5.35. The second-order valence-electron chi connectivity index (χ2n) is 7.14. The van der Waals surface area contributed by atoms with Gasteiger partial charge < -0.3 is 10.2 Å². The van der Waals surface area contributed by atoms with Crippen LogP contribution in [-0.4, -0.2) is 24.0 Å². The third kappa shape index (κ3) is 3.68. The Hall–Kier alpha value is -2.36. The van der Waals surface area contributed by atoms with Crippen LogP contribution < -0.4 is 10.2 Å². The Balaban J connectivity index is 1.45. The van der Waals surface area contributed by atoms with Crippen LogP contribution in [0.1, 0.15) is 43.6 Å². The summed E-state index contributed by atoms with van der Waals surface area (Å²) in [5.74, 6) is 0.525. The van der Waals surface area contributed by atoms with Crippen molar-refractivity contribution >= 4 is 17.3 Å². The zero-order valence-electron chi connectivity index (χ0n) is 14.5. The molecule has 0 spiro atoms. The van der Waals surface area contributed by atoms with Gasteiger partial charge in [-0.1, -0.05) is 31.0 Å². The fourth-order valence-corrected chi connectivity index (χ4v) is 3.84. The first-order valence-corrected chi connectivity index (χ1v) is 9.38. The molecule has 1 saturated carbocycles. The largest absolute Gasteiger partial charge is 0.370 e. The lowest BCUT2D eigenvalue weighted by Gasteiger charge is -2.25. The second-order valence-corrected chi connectivity index (χ2v) is 7.14. The molecule has 1 aliphatic carbocycles. The average Bonchev–Trinajstić information content (AvgIpc) is 3.47. The Labute approximate surface area is 149 Å². The van der Waals surface area contributed by atoms with Crippen LogP contribution >= 0.6 is 0 Å². The van der Waals surface area contributed by atoms with Crippen LogP contribution in [0.15, 0.2) is 48.8 Å². The average molecular weight is 335 g/mol. The SMILES string of the molecule is O=C(Nc1ccccc1N1CCCCCC1)[C@H]1C[C@@H]1c1cccnc1. The number of hydrogen-bond acceptors (Lipinski definition) is 3. The Morgan fingerprint density at radius 3 is 2.60 bits per heavy atom. The first kappa shape index (κ1) is 16.1. The van der Waals surface area contributed by atoms with Crippen LogP contribution in [0.25, 0.3) is 0 Å². The van der Waals surface area contributed by atoms with Gasteiger partial charge in [-0.25, -0.2) is 0 Å². The molecule has 4 nitrogen and oxygen atoms in total. The maximum Gasteiger partial charge on any atom is 0.228 e. The standard InChI is InChI=1S/C21H25N3O/c25-21(18-14-17(18)16-8-7-11-22-15-16)23-19-9-3-4-10-20(19)24-12-5-1-2-6-13-24/h3-4,7-11,15,17-18H,1-2,5-6,12-14H2,(H,23,25)/t17-,18+/m1/s1. The van der Waals surface area contributed by atoms with Crippen molar-refractivity contribution in [2.75, 3.05) is 23.3 Å². The van der Waals surface area contributed by atoms with Crippen molar-refractivity contribution in [1.82, 2.24) is 4.98 Å². The molecule has 2 atom stereocenters. The van der Waals surface area contributed by atoms with Crippen molar-refractivity contribution in [2.45, 2.75) is 38.0 Å². The summed E-state index contributed by atoms with van der Waals surface area (Å²) < 4.78 is 0. The Bertz CT molecular complexity index is 723. The first-order chi connectivity index (χ1) is 12.3. The predicted molar refractivity (Wildman–Crippen MR) is 101 cm³/mol. The topological polar surface area (TPSA) is 45.2 Å². The summed E-state index contributed by atoms with van der Waals surface area (Å²) in [5, 5.41) is 3.19. The number of rotatable bonds is 4. The molecule has 2 heterocycles. The maximum absolute atomic E-state index is 12.7. The lowest BCUT2D eigenvalue weighted by Crippen LogP contribution is -2.26. The molecule has 1 aromatic carbocycles. The molecule has 1 aromatic heterocycles. The van der Waals surface area contributed by atoms with Gasteiger partial charge in [0, 0.05) is 31.4 Å². The molecular formula is C21H25N3O. The minimum Gasteiger partial charge on any atom is -0.370 e. The zero-order chi connectivity index (χ0) is 17.1. The Morgan fingerprint density at radius 2 is 1.84 bits per heavy atom. The molecule has 2 aromatic rings. The molecule has 2 fully saturated rings. The van der Waals surface area contributed by atoms with E-state index in [2.05, 4.69) is 33.4 Å². The van der Waals surface area contributed by atoms with Crippen LogP contribution in [0.3, 0.4) is 0 Å². The van der Waals surface area contributed by atoms with E-state index in [0.717, 1.165) is 30.9 Å². The zero-order valence-corrected chi connectivity index (χ0v) is 14.5. The fraction of sp³-hybridized carbons (Fsp3) is 0.429. The molecule has 2 aliphatic rings. The summed E-state index contributed by atoms with van der Waals surface area (Å²) in [6, 6.07) is 12.2. The summed E-state index contributed by atoms with van der Waals surface area (Å²) in [4.78, 5) is 19.3. The summed E-state index contributed by atoms with van der Waals surface area (Å²) in [7, 11) is 0. The highest BCUT2D eigenvalue weighted by Crippen LogP contribution is 2.48. The molecule has 0 radical (unpaired) electrons. The predicted octanol–water partition coefficient (Wildman–Crippen LogP) is 4.20. The van der Waals surface area contributed by atoms with Gasteiger partial charge >= 0.3 is 0 Å². The number of nitrogens with one attached hydrogen (secondary N) is 1. The first-order valence-electron chi connectivity index (χ1n) is 9.38. The molecule has 1 N–H and O–H groups in total. The molecule has 1 amide bonds. The maximum atomic E-state index is 12.7. The fourth-order valence-electron chi connectivity index (χ4n) is 3.84. The van der Waals surface area contributed by atoms with Crippen LogP contribution in [0, 0.1) is 5.92 Å². The van der Waals surface area contributed by atoms with Crippen molar-refractivity contribution in [1.29, 1.82) is 0 Å². The van der Waals surface area contributed by atoms with Gasteiger partial charge in [0.15, 0.2) is 0 Å². The second kappa shape index (κ2) is 7.26. The number of carbonyl (C=O) groups excluding carboxylic acids is 1. The van der Waals surface area contributed by atoms with Crippen LogP contribution in [0.5, 0.6) is 0 Å². The van der Waals surface area contributed by atoms with E-state index in [1.165, 1.54) is 31.2 Å². The summed E-state index contributed by atoms with van der Waals surface area (Å²) in [5.41, 5.74) is 3.28. The van der Waals surface area contributed by atoms with E-state index in [1.807, 2.05) is 24.4 Å². The van der Waals surface area contributed by atoms with Gasteiger partial charge in [-0.2, -0.15) is 0 Å². The highest BCUT2D eigenvalue weighted by Gasteiger charge is 2.44. The highest BCUT2D eigenvalue weighted by atomic mass is 16.2. The van der Waals surface area contributed by atoms with Gasteiger partial charge in [0.2, 0.25) is 5.91 Å². The van der Waals surface area contributed by atoms with Gasteiger partial charge in [-0.3, -0.25) is 9.78 Å². The minimum absolute atomic E-state index is 0.0707. The van der Waals surface area contributed by atoms with Crippen LogP contribution in [0.2, 0.25) is 0 Å². The van der Waals surface area contributed by atoms with E-state index in [-0.39, 0.29) is 11.8 Å². The molecule has 4 rings (SSSR count). The lowest BCUT2D eigenvalue weighted by atomic mass is 10.1. The van der Waals surface area contributed by atoms with Crippen molar-refractivity contribution in [3.05, 3.63) is 54.4 Å². The number of benzene rings is 1. The molecule has 0 bridgehead atoms. The van der Waals surface area contributed by atoms with E-state index in [9.17, 15) is 4.79 Å². The molecule has 25 heavy (non-hydrogen) atoms. The summed E-state index contributed by atoms with van der Waals surface area (Å²) in [6.45, 7) is 2.16. The smallest absolute Gasteiger partial charge is 0.228 e. The number of carbonyl (C=O) groups is 1. The van der Waals surface area contributed by atoms with Gasteiger partial charge in [0.25, 0.3) is 0 Å². The van der Waals surface area contributed by atoms with E-state index in [1.54, 1.807) is 6.20 Å². The number of anilines is 2. The van der Waals surface area contributed by atoms with Crippen molar-refractivity contribution in [2.24, 2.45) is 5.92 Å². The van der Waals surface area contributed by atoms with Crippen molar-refractivity contribution in [3.8, 4) is 0 Å². The number of nitrogens with zero attached hydrogens (tertiary/aromatic N) is 2. The lowest BCUT2D eigenvalue weighted by molar-refractivity contribution is -0.117. The van der Waals surface area contributed by atoms with Crippen LogP contribution in [-0.2, 0) is 4.79 Å². The molecule has 1 saturated heterocycles. The van der Waals surface area contributed by atoms with Gasteiger partial charge in [0.1, 0.15) is 0 Å². The molecular weight excluding hydrogens is 310 g/mol. The Kier molecular flexibility index (Phi) is 4.68. The third-order valence-electron chi connectivity index (χ3n) is 5.35. The van der Waals surface area contributed by atoms with E-state index < -0.39 is 0 Å². The highest BCUT2D eigenvalue weighted by molar-refractivity contribution is 5.98. The van der Waals surface area contributed by atoms with E-state index >= 15 is 0 Å². The molecule has 1 aliphatic heterocycles. The quantitative estimate of drug-likeness (QED) is 0.910. The summed E-state index contributed by atoms with van der Waals surface area (Å²) in [6.07, 6.45) is 9.65. The number of para-hydroxylation sites is 2. The molecule has 4 heteroatoms. The monoisotopic (exact) mass is 335 g/mol. The molecule has 130 valence electrons. The number of pyridine rings is 1. The normalized spacial score (nSPS) is 23.0. The number of hydrogen-bond donors (Lipinski definition) is 1. The van der Waals surface area contributed by atoms with Crippen LogP contribution in [0.4, 0.5) is 11.4 Å². The van der Waals surface area contributed by atoms with Gasteiger partial charge in [-0.05, 0) is 48.9 Å². The summed E-state index contributed by atoms with van der Waals surface area (Å²) >= 11 is 0. The Morgan fingerprint density at radius 1 is 1.04 bits per heavy atom. The van der Waals surface area contributed by atoms with E-state index in [4.69, 9.17) is 0 Å². The minimum atomic E-state index is 0.0707. The van der Waals surface area contributed by atoms with Crippen molar-refractivity contribution in [3.63, 3.8) is 0 Å². The van der Waals surface area contributed by atoms with Crippen molar-refractivity contribution < 1.29 is 4.79 Å². The van der Waals surface area contributed by atoms with E-state index in [0.29, 0.717) is 5.92 Å². The van der Waals surface area contributed by atoms with Gasteiger partial charge in [0.05, 0.1) is 11.4 Å². The number of amides is 1. The molecule has 0 unspecified atom stereocenters.